The summed E-state index contributed by atoms with van der Waals surface area (Å²) in [6.45, 7) is 13.8. The summed E-state index contributed by atoms with van der Waals surface area (Å²) >= 11 is 0. The number of esters is 3. The minimum atomic E-state index is -0.764. The third kappa shape index (κ3) is 48.3. The fourth-order valence-electron chi connectivity index (χ4n) is 8.76. The monoisotopic (exact) mass is 905 g/mol. The molecule has 0 N–H and O–H groups in total. The SMILES string of the molecule is CCC(C)CCCCCCCCCCCCCCCCC(=O)O[C@H](COC(=O)CCCCCCCCCCCCCCCC(C)C)COC(=O)CCCCCCCCCCC(C)CC. The third-order valence-electron chi connectivity index (χ3n) is 13.9. The Kier molecular flexibility index (Phi) is 48.1. The van der Waals surface area contributed by atoms with Crippen LogP contribution in [0.25, 0.3) is 0 Å². The summed E-state index contributed by atoms with van der Waals surface area (Å²) in [5, 5.41) is 0. The van der Waals surface area contributed by atoms with Gasteiger partial charge in [-0.15, -0.1) is 0 Å². The summed E-state index contributed by atoms with van der Waals surface area (Å²) in [6.07, 6.45) is 50.8. The molecule has 3 atom stereocenters. The lowest BCUT2D eigenvalue weighted by atomic mass is 9.99. The van der Waals surface area contributed by atoms with E-state index < -0.39 is 6.10 Å². The van der Waals surface area contributed by atoms with Gasteiger partial charge in [-0.3, -0.25) is 14.4 Å². The third-order valence-corrected chi connectivity index (χ3v) is 13.9. The summed E-state index contributed by atoms with van der Waals surface area (Å²) in [5.74, 6) is 1.74. The topological polar surface area (TPSA) is 78.9 Å². The van der Waals surface area contributed by atoms with Crippen LogP contribution in [-0.2, 0) is 28.6 Å². The molecule has 6 nitrogen and oxygen atoms in total. The van der Waals surface area contributed by atoms with Crippen LogP contribution in [0.5, 0.6) is 0 Å². The number of carbonyl (C=O) groups excluding carboxylic acids is 3. The highest BCUT2D eigenvalue weighted by atomic mass is 16.6. The Labute approximate surface area is 399 Å². The first-order valence-corrected chi connectivity index (χ1v) is 28.7. The van der Waals surface area contributed by atoms with Gasteiger partial charge in [0.15, 0.2) is 6.10 Å². The second-order valence-corrected chi connectivity index (χ2v) is 20.9. The Hall–Kier alpha value is -1.59. The molecule has 0 aliphatic carbocycles. The van der Waals surface area contributed by atoms with Crippen LogP contribution in [0.3, 0.4) is 0 Å². The van der Waals surface area contributed by atoms with Gasteiger partial charge in [-0.2, -0.15) is 0 Å². The molecule has 0 aromatic carbocycles. The molecular weight excluding hydrogens is 793 g/mol. The molecule has 2 unspecified atom stereocenters. The smallest absolute Gasteiger partial charge is 0.306 e. The molecule has 0 aliphatic rings. The summed E-state index contributed by atoms with van der Waals surface area (Å²) in [5.41, 5.74) is 0. The van der Waals surface area contributed by atoms with Crippen LogP contribution in [0, 0.1) is 17.8 Å². The van der Waals surface area contributed by atoms with E-state index in [1.54, 1.807) is 0 Å². The van der Waals surface area contributed by atoms with Crippen LogP contribution in [0.4, 0.5) is 0 Å². The molecule has 0 bridgehead atoms. The first-order valence-electron chi connectivity index (χ1n) is 28.7. The molecule has 0 rings (SSSR count). The van der Waals surface area contributed by atoms with Crippen LogP contribution in [0.2, 0.25) is 0 Å². The second kappa shape index (κ2) is 49.3. The van der Waals surface area contributed by atoms with Crippen molar-refractivity contribution < 1.29 is 28.6 Å². The van der Waals surface area contributed by atoms with Gasteiger partial charge in [-0.25, -0.2) is 0 Å². The maximum atomic E-state index is 12.8. The highest BCUT2D eigenvalue weighted by Crippen LogP contribution is 2.19. The molecule has 0 aromatic heterocycles. The van der Waals surface area contributed by atoms with Crippen molar-refractivity contribution >= 4 is 17.9 Å². The predicted molar refractivity (Wildman–Crippen MR) is 275 cm³/mol. The van der Waals surface area contributed by atoms with Crippen LogP contribution >= 0.6 is 0 Å². The van der Waals surface area contributed by atoms with E-state index in [0.29, 0.717) is 19.3 Å². The van der Waals surface area contributed by atoms with Crippen LogP contribution < -0.4 is 0 Å². The molecular formula is C58H112O6. The maximum absolute atomic E-state index is 12.8. The number of hydrogen-bond donors (Lipinski definition) is 0. The lowest BCUT2D eigenvalue weighted by Gasteiger charge is -2.18. The molecule has 0 spiro atoms. The standard InChI is InChI=1S/C58H112O6/c1-7-53(5)45-39-33-27-21-17-13-9-10-14-19-23-31-37-43-49-58(61)64-55(51-63-57(60)48-42-36-30-25-24-28-34-40-46-54(6)8-2)50-62-56(59)47-41-35-29-22-18-15-11-12-16-20-26-32-38-44-52(3)4/h52-55H,7-51H2,1-6H3/t53?,54?,55-/m1/s1. The zero-order chi connectivity index (χ0) is 47.0. The van der Waals surface area contributed by atoms with Crippen LogP contribution in [-0.4, -0.2) is 37.2 Å². The van der Waals surface area contributed by atoms with E-state index in [2.05, 4.69) is 41.5 Å². The first kappa shape index (κ1) is 62.4. The van der Waals surface area contributed by atoms with Crippen LogP contribution in [0.15, 0.2) is 0 Å². The normalized spacial score (nSPS) is 13.0. The van der Waals surface area contributed by atoms with E-state index in [9.17, 15) is 14.4 Å². The fourth-order valence-corrected chi connectivity index (χ4v) is 8.76. The Morgan fingerprint density at radius 2 is 0.547 bits per heavy atom. The first-order chi connectivity index (χ1) is 31.2. The summed E-state index contributed by atoms with van der Waals surface area (Å²) in [4.78, 5) is 38.1. The molecule has 0 aliphatic heterocycles. The maximum Gasteiger partial charge on any atom is 0.306 e. The van der Waals surface area contributed by atoms with Gasteiger partial charge >= 0.3 is 17.9 Å². The number of unbranched alkanes of at least 4 members (excludes halogenated alkanes) is 32. The number of rotatable bonds is 51. The van der Waals surface area contributed by atoms with Gasteiger partial charge in [0.1, 0.15) is 13.2 Å². The minimum absolute atomic E-state index is 0.0639. The van der Waals surface area contributed by atoms with E-state index in [1.807, 2.05) is 0 Å². The van der Waals surface area contributed by atoms with Gasteiger partial charge in [-0.1, -0.05) is 279 Å². The number of hydrogen-bond acceptors (Lipinski definition) is 6. The van der Waals surface area contributed by atoms with Crippen molar-refractivity contribution in [1.82, 2.24) is 0 Å². The average Bonchev–Trinajstić information content (AvgIpc) is 3.28. The second-order valence-electron chi connectivity index (χ2n) is 20.9. The molecule has 0 radical (unpaired) electrons. The van der Waals surface area contributed by atoms with Crippen molar-refractivity contribution in [2.24, 2.45) is 17.8 Å². The molecule has 0 saturated carbocycles. The predicted octanol–water partition coefficient (Wildman–Crippen LogP) is 18.7. The van der Waals surface area contributed by atoms with E-state index >= 15 is 0 Å². The summed E-state index contributed by atoms with van der Waals surface area (Å²) in [7, 11) is 0. The van der Waals surface area contributed by atoms with Crippen molar-refractivity contribution in [2.45, 2.75) is 324 Å². The van der Waals surface area contributed by atoms with Crippen molar-refractivity contribution in [3.63, 3.8) is 0 Å². The molecule has 0 fully saturated rings. The molecule has 0 amide bonds. The van der Waals surface area contributed by atoms with Gasteiger partial charge in [0, 0.05) is 19.3 Å². The lowest BCUT2D eigenvalue weighted by molar-refractivity contribution is -0.167. The van der Waals surface area contributed by atoms with Crippen LogP contribution in [0.1, 0.15) is 318 Å². The van der Waals surface area contributed by atoms with E-state index in [1.165, 1.54) is 199 Å². The highest BCUT2D eigenvalue weighted by Gasteiger charge is 2.19. The summed E-state index contributed by atoms with van der Waals surface area (Å²) < 4.78 is 16.9. The molecule has 6 heteroatoms. The molecule has 0 saturated heterocycles. The van der Waals surface area contributed by atoms with Gasteiger partial charge in [-0.05, 0) is 37.0 Å². The van der Waals surface area contributed by atoms with Gasteiger partial charge < -0.3 is 14.2 Å². The van der Waals surface area contributed by atoms with Crippen molar-refractivity contribution in [3.8, 4) is 0 Å². The zero-order valence-electron chi connectivity index (χ0n) is 44.1. The summed E-state index contributed by atoms with van der Waals surface area (Å²) in [6, 6.07) is 0. The highest BCUT2D eigenvalue weighted by molar-refractivity contribution is 5.71. The van der Waals surface area contributed by atoms with Crippen molar-refractivity contribution in [2.75, 3.05) is 13.2 Å². The van der Waals surface area contributed by atoms with Gasteiger partial charge in [0.05, 0.1) is 0 Å². The zero-order valence-corrected chi connectivity index (χ0v) is 44.1. The number of ether oxygens (including phenoxy) is 3. The van der Waals surface area contributed by atoms with Crippen molar-refractivity contribution in [3.05, 3.63) is 0 Å². The average molecular weight is 906 g/mol. The van der Waals surface area contributed by atoms with E-state index in [0.717, 1.165) is 75.5 Å². The fraction of sp³-hybridized carbons (Fsp3) is 0.948. The van der Waals surface area contributed by atoms with Gasteiger partial charge in [0.2, 0.25) is 0 Å². The molecule has 64 heavy (non-hydrogen) atoms. The molecule has 0 aromatic rings. The van der Waals surface area contributed by atoms with Gasteiger partial charge in [0.25, 0.3) is 0 Å². The Balaban J connectivity index is 4.30. The Bertz CT molecular complexity index is 995. The lowest BCUT2D eigenvalue weighted by Crippen LogP contribution is -2.30. The largest absolute Gasteiger partial charge is 0.462 e. The number of carbonyl (C=O) groups is 3. The Morgan fingerprint density at radius 1 is 0.312 bits per heavy atom. The minimum Gasteiger partial charge on any atom is -0.462 e. The van der Waals surface area contributed by atoms with E-state index in [4.69, 9.17) is 14.2 Å². The Morgan fingerprint density at radius 3 is 0.812 bits per heavy atom. The molecule has 0 heterocycles. The molecule has 380 valence electrons. The van der Waals surface area contributed by atoms with E-state index in [-0.39, 0.29) is 31.1 Å². The quantitative estimate of drug-likeness (QED) is 0.0344. The van der Waals surface area contributed by atoms with Crippen molar-refractivity contribution in [1.29, 1.82) is 0 Å².